The first-order valence-electron chi connectivity index (χ1n) is 5.99. The van der Waals surface area contributed by atoms with Crippen LogP contribution in [0, 0.1) is 0 Å². The maximum absolute atomic E-state index is 11.0. The van der Waals surface area contributed by atoms with Gasteiger partial charge in [-0.15, -0.1) is 0 Å². The van der Waals surface area contributed by atoms with Crippen LogP contribution < -0.4 is 0 Å². The zero-order valence-electron chi connectivity index (χ0n) is 12.2. The van der Waals surface area contributed by atoms with E-state index < -0.39 is 8.32 Å². The second-order valence-corrected chi connectivity index (χ2v) is 10.6. The highest BCUT2D eigenvalue weighted by Gasteiger charge is 2.39. The van der Waals surface area contributed by atoms with Gasteiger partial charge >= 0.3 is 5.97 Å². The Hall–Kier alpha value is -0.613. The van der Waals surface area contributed by atoms with Crippen molar-refractivity contribution in [3.8, 4) is 0 Å². The third kappa shape index (κ3) is 5.04. The lowest BCUT2D eigenvalue weighted by Crippen LogP contribution is -2.46. The van der Waals surface area contributed by atoms with Crippen molar-refractivity contribution in [3.63, 3.8) is 0 Å². The summed E-state index contributed by atoms with van der Waals surface area (Å²) in [5.74, 6) is -0.305. The van der Waals surface area contributed by atoms with E-state index in [0.29, 0.717) is 0 Å². The molecular weight excluding hydrogens is 232 g/mol. The summed E-state index contributed by atoms with van der Waals surface area (Å²) in [6, 6.07) is 0. The van der Waals surface area contributed by atoms with E-state index in [0.717, 1.165) is 0 Å². The summed E-state index contributed by atoms with van der Waals surface area (Å²) in [6.45, 7) is 17.9. The third-order valence-corrected chi connectivity index (χ3v) is 7.86. The first-order chi connectivity index (χ1) is 7.51. The van der Waals surface area contributed by atoms with Gasteiger partial charge in [0.1, 0.15) is 6.10 Å². The Balaban J connectivity index is 4.66. The minimum atomic E-state index is -1.84. The van der Waals surface area contributed by atoms with Crippen molar-refractivity contribution < 1.29 is 14.0 Å². The summed E-state index contributed by atoms with van der Waals surface area (Å²) in [4.78, 5) is 11.0. The molecule has 0 bridgehead atoms. The average molecular weight is 258 g/mol. The second-order valence-electron chi connectivity index (χ2n) is 5.89. The molecule has 0 aliphatic heterocycles. The molecule has 0 radical (unpaired) electrons. The normalized spacial score (nSPS) is 16.2. The molecule has 0 fully saturated rings. The Morgan fingerprint density at radius 2 is 1.82 bits per heavy atom. The van der Waals surface area contributed by atoms with E-state index in [9.17, 15) is 4.79 Å². The number of rotatable bonds is 5. The summed E-state index contributed by atoms with van der Waals surface area (Å²) in [5.41, 5.74) is 0. The molecule has 0 heterocycles. The molecule has 0 spiro atoms. The molecule has 17 heavy (non-hydrogen) atoms. The summed E-state index contributed by atoms with van der Waals surface area (Å²) >= 11 is 0. The first-order valence-corrected chi connectivity index (χ1v) is 8.89. The largest absolute Gasteiger partial charge is 0.456 e. The smallest absolute Gasteiger partial charge is 0.303 e. The van der Waals surface area contributed by atoms with Gasteiger partial charge in [-0.3, -0.25) is 4.79 Å². The van der Waals surface area contributed by atoms with Crippen LogP contribution in [0.3, 0.4) is 0 Å². The van der Waals surface area contributed by atoms with Crippen LogP contribution in [0.25, 0.3) is 0 Å². The van der Waals surface area contributed by atoms with Crippen molar-refractivity contribution in [1.29, 1.82) is 0 Å². The topological polar surface area (TPSA) is 35.5 Å². The van der Waals surface area contributed by atoms with E-state index in [1.807, 2.05) is 6.92 Å². The molecule has 3 nitrogen and oxygen atoms in total. The molecule has 2 atom stereocenters. The van der Waals surface area contributed by atoms with Crippen LogP contribution in [-0.4, -0.2) is 26.5 Å². The van der Waals surface area contributed by atoms with Gasteiger partial charge in [0, 0.05) is 6.92 Å². The maximum atomic E-state index is 11.0. The van der Waals surface area contributed by atoms with Crippen LogP contribution >= 0.6 is 0 Å². The molecule has 4 heteroatoms. The third-order valence-electron chi connectivity index (χ3n) is 3.28. The molecule has 100 valence electrons. The van der Waals surface area contributed by atoms with E-state index in [1.165, 1.54) is 6.92 Å². The molecule has 0 aromatic rings. The van der Waals surface area contributed by atoms with Crippen LogP contribution in [0.5, 0.6) is 0 Å². The standard InChI is InChI=1S/C13H26O3Si/c1-9-12(15-11(3)14)10(2)16-17(7,8)13(4,5)6/h9-10,12H,1H2,2-8H3/t10-,12+/m0/s1. The summed E-state index contributed by atoms with van der Waals surface area (Å²) in [5, 5.41) is 0.142. The molecule has 0 saturated heterocycles. The minimum Gasteiger partial charge on any atom is -0.456 e. The SMILES string of the molecule is C=C[C@@H](OC(C)=O)[C@H](C)O[Si](C)(C)C(C)(C)C. The van der Waals surface area contributed by atoms with E-state index in [-0.39, 0.29) is 23.2 Å². The number of hydrogen-bond acceptors (Lipinski definition) is 3. The highest BCUT2D eigenvalue weighted by molar-refractivity contribution is 6.74. The Bertz CT molecular complexity index is 279. The number of ether oxygens (including phenoxy) is 1. The van der Waals surface area contributed by atoms with Gasteiger partial charge in [0.25, 0.3) is 0 Å². The fourth-order valence-corrected chi connectivity index (χ4v) is 2.65. The summed E-state index contributed by atoms with van der Waals surface area (Å²) in [6.07, 6.45) is 1.10. The second kappa shape index (κ2) is 5.82. The monoisotopic (exact) mass is 258 g/mol. The highest BCUT2D eigenvalue weighted by atomic mass is 28.4. The van der Waals surface area contributed by atoms with Crippen molar-refractivity contribution in [3.05, 3.63) is 12.7 Å². The Morgan fingerprint density at radius 1 is 1.35 bits per heavy atom. The van der Waals surface area contributed by atoms with Gasteiger partial charge in [-0.05, 0) is 31.1 Å². The number of carbonyl (C=O) groups excluding carboxylic acids is 1. The van der Waals surface area contributed by atoms with Gasteiger partial charge in [0.05, 0.1) is 6.10 Å². The van der Waals surface area contributed by atoms with Crippen LogP contribution in [0.4, 0.5) is 0 Å². The molecule has 0 rings (SSSR count). The van der Waals surface area contributed by atoms with Crippen molar-refractivity contribution >= 4 is 14.3 Å². The van der Waals surface area contributed by atoms with E-state index >= 15 is 0 Å². The quantitative estimate of drug-likeness (QED) is 0.430. The Morgan fingerprint density at radius 3 is 2.12 bits per heavy atom. The molecule has 0 aliphatic rings. The van der Waals surface area contributed by atoms with Gasteiger partial charge in [0.15, 0.2) is 8.32 Å². The van der Waals surface area contributed by atoms with Crippen LogP contribution in [0.15, 0.2) is 12.7 Å². The van der Waals surface area contributed by atoms with Crippen LogP contribution in [0.2, 0.25) is 18.1 Å². The highest BCUT2D eigenvalue weighted by Crippen LogP contribution is 2.37. The van der Waals surface area contributed by atoms with Crippen molar-refractivity contribution in [1.82, 2.24) is 0 Å². The van der Waals surface area contributed by atoms with Gasteiger partial charge in [0.2, 0.25) is 0 Å². The Labute approximate surface area is 106 Å². The molecule has 0 amide bonds. The van der Waals surface area contributed by atoms with Gasteiger partial charge in [-0.25, -0.2) is 0 Å². The predicted octanol–water partition coefficient (Wildman–Crippen LogP) is 3.51. The van der Waals surface area contributed by atoms with Gasteiger partial charge in [-0.2, -0.15) is 0 Å². The fraction of sp³-hybridized carbons (Fsp3) is 0.769. The molecule has 0 aromatic heterocycles. The molecule has 0 aliphatic carbocycles. The maximum Gasteiger partial charge on any atom is 0.303 e. The molecule has 0 aromatic carbocycles. The average Bonchev–Trinajstić information content (AvgIpc) is 2.10. The first kappa shape index (κ1) is 16.4. The molecule has 0 saturated carbocycles. The lowest BCUT2D eigenvalue weighted by atomic mass is 10.2. The van der Waals surface area contributed by atoms with Gasteiger partial charge in [-0.1, -0.05) is 27.4 Å². The predicted molar refractivity (Wildman–Crippen MR) is 73.5 cm³/mol. The van der Waals surface area contributed by atoms with Gasteiger partial charge < -0.3 is 9.16 Å². The zero-order valence-corrected chi connectivity index (χ0v) is 13.2. The molecular formula is C13H26O3Si. The minimum absolute atomic E-state index is 0.142. The van der Waals surface area contributed by atoms with E-state index in [1.54, 1.807) is 6.08 Å². The molecule has 0 unspecified atom stereocenters. The van der Waals surface area contributed by atoms with E-state index in [4.69, 9.17) is 9.16 Å². The van der Waals surface area contributed by atoms with Crippen LogP contribution in [-0.2, 0) is 14.0 Å². The number of esters is 1. The van der Waals surface area contributed by atoms with Crippen molar-refractivity contribution in [2.24, 2.45) is 0 Å². The van der Waals surface area contributed by atoms with Crippen LogP contribution in [0.1, 0.15) is 34.6 Å². The lowest BCUT2D eigenvalue weighted by molar-refractivity contribution is -0.147. The summed E-state index contributed by atoms with van der Waals surface area (Å²) < 4.78 is 11.3. The lowest BCUT2D eigenvalue weighted by Gasteiger charge is -2.39. The van der Waals surface area contributed by atoms with E-state index in [2.05, 4.69) is 40.4 Å². The van der Waals surface area contributed by atoms with Crippen molar-refractivity contribution in [2.45, 2.75) is 65.0 Å². The Kier molecular flexibility index (Phi) is 5.61. The zero-order chi connectivity index (χ0) is 13.9. The number of carbonyl (C=O) groups is 1. The fourth-order valence-electron chi connectivity index (χ4n) is 1.24. The summed E-state index contributed by atoms with van der Waals surface area (Å²) in [7, 11) is -1.84. The number of hydrogen-bond donors (Lipinski definition) is 0. The van der Waals surface area contributed by atoms with Crippen molar-refractivity contribution in [2.75, 3.05) is 0 Å². The molecule has 0 N–H and O–H groups in total.